The van der Waals surface area contributed by atoms with Gasteiger partial charge in [-0.25, -0.2) is 4.79 Å². The van der Waals surface area contributed by atoms with Crippen LogP contribution in [0.3, 0.4) is 0 Å². The molecule has 0 aromatic heterocycles. The zero-order chi connectivity index (χ0) is 18.2. The fourth-order valence-electron chi connectivity index (χ4n) is 3.43. The molecular formula is C22H34O2. The summed E-state index contributed by atoms with van der Waals surface area (Å²) >= 11 is 0. The average Bonchev–Trinajstić information content (AvgIpc) is 2.57. The molecule has 3 atom stereocenters. The van der Waals surface area contributed by atoms with E-state index in [1.54, 1.807) is 0 Å². The molecule has 2 heteroatoms. The predicted molar refractivity (Wildman–Crippen MR) is 103 cm³/mol. The third kappa shape index (κ3) is 4.96. The molecule has 0 aromatic rings. The van der Waals surface area contributed by atoms with Gasteiger partial charge in [-0.15, -0.1) is 13.2 Å². The molecule has 24 heavy (non-hydrogen) atoms. The topological polar surface area (TPSA) is 26.3 Å². The van der Waals surface area contributed by atoms with Gasteiger partial charge in [-0.1, -0.05) is 57.1 Å². The molecular weight excluding hydrogens is 296 g/mol. The van der Waals surface area contributed by atoms with Crippen molar-refractivity contribution in [1.82, 2.24) is 0 Å². The van der Waals surface area contributed by atoms with Gasteiger partial charge in [0.15, 0.2) is 0 Å². The highest BCUT2D eigenvalue weighted by Crippen LogP contribution is 2.54. The number of allylic oxidation sites excluding steroid dienone is 5. The summed E-state index contributed by atoms with van der Waals surface area (Å²) in [6, 6.07) is 0. The summed E-state index contributed by atoms with van der Waals surface area (Å²) in [6.07, 6.45) is 14.8. The van der Waals surface area contributed by atoms with Crippen LogP contribution in [0.1, 0.15) is 59.8 Å². The van der Waals surface area contributed by atoms with Crippen molar-refractivity contribution < 1.29 is 9.53 Å². The lowest BCUT2D eigenvalue weighted by Gasteiger charge is -2.50. The summed E-state index contributed by atoms with van der Waals surface area (Å²) < 4.78 is 5.12. The van der Waals surface area contributed by atoms with Gasteiger partial charge >= 0.3 is 5.97 Å². The van der Waals surface area contributed by atoms with E-state index >= 15 is 0 Å². The van der Waals surface area contributed by atoms with Crippen molar-refractivity contribution in [2.75, 3.05) is 6.61 Å². The molecule has 1 fully saturated rings. The van der Waals surface area contributed by atoms with Gasteiger partial charge < -0.3 is 4.74 Å². The smallest absolute Gasteiger partial charge is 0.330 e. The number of unbranched alkanes of at least 4 members (excludes halogenated alkanes) is 1. The van der Waals surface area contributed by atoms with Crippen LogP contribution >= 0.6 is 0 Å². The minimum absolute atomic E-state index is 0.0512. The van der Waals surface area contributed by atoms with Crippen molar-refractivity contribution >= 4 is 5.97 Å². The SMILES string of the molecule is C=C[C@@]1(C)CC[C@H](/C(C)=C/C=C/C(=O)OCCCC)C[C@]1(C)C=C. The van der Waals surface area contributed by atoms with Crippen LogP contribution in [-0.2, 0) is 9.53 Å². The van der Waals surface area contributed by atoms with Crippen molar-refractivity contribution in [2.45, 2.75) is 59.8 Å². The van der Waals surface area contributed by atoms with E-state index in [1.807, 2.05) is 12.2 Å². The van der Waals surface area contributed by atoms with Crippen molar-refractivity contribution in [3.8, 4) is 0 Å². The fraction of sp³-hybridized carbons (Fsp3) is 0.591. The van der Waals surface area contributed by atoms with Gasteiger partial charge in [0.1, 0.15) is 0 Å². The molecule has 0 aromatic carbocycles. The number of ether oxygens (including phenoxy) is 1. The Labute approximate surface area is 148 Å². The summed E-state index contributed by atoms with van der Waals surface area (Å²) in [5.41, 5.74) is 1.46. The van der Waals surface area contributed by atoms with Gasteiger partial charge in [-0.2, -0.15) is 0 Å². The summed E-state index contributed by atoms with van der Waals surface area (Å²) in [4.78, 5) is 11.6. The molecule has 1 aliphatic rings. The van der Waals surface area contributed by atoms with Crippen LogP contribution in [-0.4, -0.2) is 12.6 Å². The second kappa shape index (κ2) is 9.05. The molecule has 0 unspecified atom stereocenters. The number of esters is 1. The van der Waals surface area contributed by atoms with E-state index in [2.05, 4.69) is 53.0 Å². The molecule has 0 bridgehead atoms. The first-order valence-corrected chi connectivity index (χ1v) is 9.10. The Kier molecular flexibility index (Phi) is 7.72. The number of rotatable bonds is 8. The molecule has 0 saturated heterocycles. The monoisotopic (exact) mass is 330 g/mol. The zero-order valence-electron chi connectivity index (χ0n) is 15.9. The van der Waals surface area contributed by atoms with E-state index in [0.717, 1.165) is 32.1 Å². The van der Waals surface area contributed by atoms with Gasteiger partial charge in [0.05, 0.1) is 6.61 Å². The summed E-state index contributed by atoms with van der Waals surface area (Å²) in [5, 5.41) is 0. The Morgan fingerprint density at radius 1 is 1.25 bits per heavy atom. The number of carbonyl (C=O) groups excluding carboxylic acids is 1. The highest BCUT2D eigenvalue weighted by Gasteiger charge is 2.45. The van der Waals surface area contributed by atoms with E-state index in [0.29, 0.717) is 12.5 Å². The summed E-state index contributed by atoms with van der Waals surface area (Å²) in [6.45, 7) is 17.4. The van der Waals surface area contributed by atoms with Crippen molar-refractivity contribution in [3.63, 3.8) is 0 Å². The van der Waals surface area contributed by atoms with Crippen molar-refractivity contribution in [3.05, 3.63) is 49.1 Å². The lowest BCUT2D eigenvalue weighted by molar-refractivity contribution is -0.137. The largest absolute Gasteiger partial charge is 0.463 e. The van der Waals surface area contributed by atoms with Crippen LogP contribution in [0.15, 0.2) is 49.1 Å². The second-order valence-electron chi connectivity index (χ2n) is 7.47. The zero-order valence-corrected chi connectivity index (χ0v) is 15.9. The van der Waals surface area contributed by atoms with Crippen LogP contribution in [0.4, 0.5) is 0 Å². The maximum atomic E-state index is 11.6. The number of hydrogen-bond acceptors (Lipinski definition) is 2. The molecule has 1 aliphatic carbocycles. The Balaban J connectivity index is 2.68. The molecule has 134 valence electrons. The minimum atomic E-state index is -0.258. The Morgan fingerprint density at radius 3 is 2.50 bits per heavy atom. The van der Waals surface area contributed by atoms with Gasteiger partial charge in [-0.05, 0) is 49.4 Å². The van der Waals surface area contributed by atoms with E-state index in [9.17, 15) is 4.79 Å². The van der Waals surface area contributed by atoms with Crippen LogP contribution in [0.5, 0.6) is 0 Å². The fourth-order valence-corrected chi connectivity index (χ4v) is 3.43. The van der Waals surface area contributed by atoms with Gasteiger partial charge in [-0.3, -0.25) is 0 Å². The van der Waals surface area contributed by atoms with Gasteiger partial charge in [0.25, 0.3) is 0 Å². The molecule has 0 spiro atoms. The first-order valence-electron chi connectivity index (χ1n) is 9.10. The molecule has 2 nitrogen and oxygen atoms in total. The van der Waals surface area contributed by atoms with Crippen molar-refractivity contribution in [2.24, 2.45) is 16.7 Å². The second-order valence-corrected chi connectivity index (χ2v) is 7.47. The van der Waals surface area contributed by atoms with E-state index in [4.69, 9.17) is 4.74 Å². The van der Waals surface area contributed by atoms with E-state index in [-0.39, 0.29) is 16.8 Å². The third-order valence-electron chi connectivity index (χ3n) is 5.87. The molecule has 0 N–H and O–H groups in total. The summed E-state index contributed by atoms with van der Waals surface area (Å²) in [5.74, 6) is 0.257. The molecule has 1 rings (SSSR count). The van der Waals surface area contributed by atoms with Gasteiger partial charge in [0.2, 0.25) is 0 Å². The van der Waals surface area contributed by atoms with E-state index < -0.39 is 0 Å². The van der Waals surface area contributed by atoms with Crippen LogP contribution in [0, 0.1) is 16.7 Å². The molecule has 0 heterocycles. The highest BCUT2D eigenvalue weighted by molar-refractivity contribution is 5.82. The van der Waals surface area contributed by atoms with Crippen molar-refractivity contribution in [1.29, 1.82) is 0 Å². The standard InChI is InChI=1S/C22H34O2/c1-7-10-16-24-20(23)13-11-12-18(4)19-14-15-21(5,8-2)22(6,9-3)17-19/h8-9,11-13,19H,2-3,7,10,14-17H2,1,4-6H3/b13-11+,18-12+/t19-,21-,22-/m0/s1. The highest BCUT2D eigenvalue weighted by atomic mass is 16.5. The first-order chi connectivity index (χ1) is 11.3. The van der Waals surface area contributed by atoms with Crippen LogP contribution < -0.4 is 0 Å². The maximum absolute atomic E-state index is 11.6. The summed E-state index contributed by atoms with van der Waals surface area (Å²) in [7, 11) is 0. The van der Waals surface area contributed by atoms with E-state index in [1.165, 1.54) is 11.6 Å². The molecule has 0 amide bonds. The minimum Gasteiger partial charge on any atom is -0.463 e. The Morgan fingerprint density at radius 2 is 1.92 bits per heavy atom. The average molecular weight is 331 g/mol. The Bertz CT molecular complexity index is 514. The predicted octanol–water partition coefficient (Wildman–Crippen LogP) is 6.02. The maximum Gasteiger partial charge on any atom is 0.330 e. The lowest BCUT2D eigenvalue weighted by atomic mass is 9.54. The number of hydrogen-bond donors (Lipinski definition) is 0. The normalized spacial score (nSPS) is 31.0. The van der Waals surface area contributed by atoms with Crippen LogP contribution in [0.2, 0.25) is 0 Å². The third-order valence-corrected chi connectivity index (χ3v) is 5.87. The molecule has 0 aliphatic heterocycles. The lowest BCUT2D eigenvalue weighted by Crippen LogP contribution is -2.40. The van der Waals surface area contributed by atoms with Crippen LogP contribution in [0.25, 0.3) is 0 Å². The molecule has 1 saturated carbocycles. The number of carbonyl (C=O) groups is 1. The quantitative estimate of drug-likeness (QED) is 0.179. The van der Waals surface area contributed by atoms with Gasteiger partial charge in [0, 0.05) is 6.08 Å². The Hall–Kier alpha value is -1.57. The first kappa shape index (κ1) is 20.5. The molecule has 0 radical (unpaired) electrons.